The maximum Gasteiger partial charge on any atom is 0.0110 e. The van der Waals surface area contributed by atoms with Crippen LogP contribution in [0.15, 0.2) is 18.2 Å². The van der Waals surface area contributed by atoms with E-state index in [0.717, 1.165) is 0 Å². The van der Waals surface area contributed by atoms with Crippen molar-refractivity contribution in [2.45, 2.75) is 20.8 Å². The second kappa shape index (κ2) is 4.24. The zero-order chi connectivity index (χ0) is 9.84. The van der Waals surface area contributed by atoms with Crippen molar-refractivity contribution < 1.29 is 0 Å². The molecule has 0 unspecified atom stereocenters. The highest BCUT2D eigenvalue weighted by Crippen LogP contribution is 2.16. The Labute approximate surface area is 80.3 Å². The Morgan fingerprint density at radius 2 is 1.69 bits per heavy atom. The topological polar surface area (TPSA) is 26.0 Å². The van der Waals surface area contributed by atoms with Crippen LogP contribution in [0.1, 0.15) is 22.3 Å². The standard InChI is InChI=1S/C12H17N/c1-9-7-11(3)12(5-4-6-13)8-10(9)2/h4-5,7-8H,6,13H2,1-3H3. The molecule has 2 N–H and O–H groups in total. The van der Waals surface area contributed by atoms with Crippen molar-refractivity contribution in [1.82, 2.24) is 0 Å². The predicted molar refractivity (Wildman–Crippen MR) is 58.7 cm³/mol. The zero-order valence-electron chi connectivity index (χ0n) is 8.59. The molecule has 1 rings (SSSR count). The molecule has 1 heteroatoms. The third-order valence-corrected chi connectivity index (χ3v) is 2.32. The van der Waals surface area contributed by atoms with Crippen molar-refractivity contribution in [3.05, 3.63) is 40.5 Å². The summed E-state index contributed by atoms with van der Waals surface area (Å²) in [6.07, 6.45) is 4.07. The number of rotatable bonds is 2. The van der Waals surface area contributed by atoms with Crippen LogP contribution in [0.2, 0.25) is 0 Å². The lowest BCUT2D eigenvalue weighted by Crippen LogP contribution is -1.93. The van der Waals surface area contributed by atoms with E-state index in [1.807, 2.05) is 6.08 Å². The fourth-order valence-corrected chi connectivity index (χ4v) is 1.36. The molecular formula is C12H17N. The van der Waals surface area contributed by atoms with E-state index >= 15 is 0 Å². The summed E-state index contributed by atoms with van der Waals surface area (Å²) in [6.45, 7) is 7.00. The van der Waals surface area contributed by atoms with Crippen molar-refractivity contribution in [3.8, 4) is 0 Å². The molecule has 0 aliphatic rings. The van der Waals surface area contributed by atoms with Gasteiger partial charge in [0.25, 0.3) is 0 Å². The van der Waals surface area contributed by atoms with Gasteiger partial charge in [-0.25, -0.2) is 0 Å². The number of hydrogen-bond donors (Lipinski definition) is 1. The molecule has 0 fully saturated rings. The molecule has 0 saturated heterocycles. The maximum absolute atomic E-state index is 5.41. The fourth-order valence-electron chi connectivity index (χ4n) is 1.36. The summed E-state index contributed by atoms with van der Waals surface area (Å²) < 4.78 is 0. The first-order valence-corrected chi connectivity index (χ1v) is 4.59. The molecule has 13 heavy (non-hydrogen) atoms. The molecule has 0 saturated carbocycles. The van der Waals surface area contributed by atoms with Gasteiger partial charge in [0, 0.05) is 6.54 Å². The van der Waals surface area contributed by atoms with E-state index in [-0.39, 0.29) is 0 Å². The third-order valence-electron chi connectivity index (χ3n) is 2.32. The van der Waals surface area contributed by atoms with Crippen LogP contribution in [0, 0.1) is 20.8 Å². The van der Waals surface area contributed by atoms with Gasteiger partial charge in [-0.15, -0.1) is 0 Å². The normalized spacial score (nSPS) is 11.1. The maximum atomic E-state index is 5.41. The highest BCUT2D eigenvalue weighted by atomic mass is 14.5. The third kappa shape index (κ3) is 2.43. The second-order valence-electron chi connectivity index (χ2n) is 3.43. The Bertz CT molecular complexity index is 324. The van der Waals surface area contributed by atoms with E-state index in [0.29, 0.717) is 6.54 Å². The molecule has 0 heterocycles. The lowest BCUT2D eigenvalue weighted by molar-refractivity contribution is 1.25. The summed E-state index contributed by atoms with van der Waals surface area (Å²) >= 11 is 0. The van der Waals surface area contributed by atoms with Crippen LogP contribution in [0.3, 0.4) is 0 Å². The minimum atomic E-state index is 0.604. The van der Waals surface area contributed by atoms with Gasteiger partial charge in [0.2, 0.25) is 0 Å². The van der Waals surface area contributed by atoms with Crippen molar-refractivity contribution in [1.29, 1.82) is 0 Å². The second-order valence-corrected chi connectivity index (χ2v) is 3.43. The summed E-state index contributed by atoms with van der Waals surface area (Å²) in [7, 11) is 0. The largest absolute Gasteiger partial charge is 0.327 e. The average molecular weight is 175 g/mol. The van der Waals surface area contributed by atoms with Gasteiger partial charge < -0.3 is 5.73 Å². The van der Waals surface area contributed by atoms with Gasteiger partial charge in [0.05, 0.1) is 0 Å². The first-order valence-electron chi connectivity index (χ1n) is 4.59. The van der Waals surface area contributed by atoms with Gasteiger partial charge in [0.15, 0.2) is 0 Å². The number of benzene rings is 1. The summed E-state index contributed by atoms with van der Waals surface area (Å²) in [5, 5.41) is 0. The highest BCUT2D eigenvalue weighted by molar-refractivity contribution is 5.56. The summed E-state index contributed by atoms with van der Waals surface area (Å²) in [6, 6.07) is 4.42. The van der Waals surface area contributed by atoms with Gasteiger partial charge in [-0.3, -0.25) is 0 Å². The Morgan fingerprint density at radius 3 is 2.31 bits per heavy atom. The Balaban J connectivity index is 3.08. The first-order chi connectivity index (χ1) is 6.15. The number of nitrogens with two attached hydrogens (primary N) is 1. The van der Waals surface area contributed by atoms with Gasteiger partial charge in [-0.05, 0) is 43.0 Å². The van der Waals surface area contributed by atoms with Crippen molar-refractivity contribution >= 4 is 6.08 Å². The lowest BCUT2D eigenvalue weighted by Gasteiger charge is -2.05. The highest BCUT2D eigenvalue weighted by Gasteiger charge is 1.97. The van der Waals surface area contributed by atoms with E-state index in [2.05, 4.69) is 39.0 Å². The van der Waals surface area contributed by atoms with Crippen LogP contribution < -0.4 is 5.73 Å². The van der Waals surface area contributed by atoms with Crippen LogP contribution in [-0.2, 0) is 0 Å². The first kappa shape index (κ1) is 10.0. The number of hydrogen-bond acceptors (Lipinski definition) is 1. The predicted octanol–water partition coefficient (Wildman–Crippen LogP) is 2.58. The van der Waals surface area contributed by atoms with Crippen LogP contribution in [-0.4, -0.2) is 6.54 Å². The molecule has 1 nitrogen and oxygen atoms in total. The molecule has 1 aromatic carbocycles. The Hall–Kier alpha value is -1.08. The van der Waals surface area contributed by atoms with E-state index < -0.39 is 0 Å². The monoisotopic (exact) mass is 175 g/mol. The molecule has 70 valence electrons. The molecule has 1 aromatic rings. The average Bonchev–Trinajstić information content (AvgIpc) is 2.09. The van der Waals surface area contributed by atoms with E-state index in [1.165, 1.54) is 22.3 Å². The molecule has 0 atom stereocenters. The summed E-state index contributed by atoms with van der Waals surface area (Å²) in [4.78, 5) is 0. The van der Waals surface area contributed by atoms with Crippen LogP contribution >= 0.6 is 0 Å². The fraction of sp³-hybridized carbons (Fsp3) is 0.333. The lowest BCUT2D eigenvalue weighted by atomic mass is 10.0. The summed E-state index contributed by atoms with van der Waals surface area (Å²) in [5.74, 6) is 0. The van der Waals surface area contributed by atoms with E-state index in [4.69, 9.17) is 5.73 Å². The minimum absolute atomic E-state index is 0.604. The molecule has 0 aliphatic carbocycles. The molecule has 0 amide bonds. The van der Waals surface area contributed by atoms with Crippen molar-refractivity contribution in [3.63, 3.8) is 0 Å². The smallest absolute Gasteiger partial charge is 0.0110 e. The van der Waals surface area contributed by atoms with E-state index in [1.54, 1.807) is 0 Å². The van der Waals surface area contributed by atoms with Gasteiger partial charge in [0.1, 0.15) is 0 Å². The van der Waals surface area contributed by atoms with E-state index in [9.17, 15) is 0 Å². The molecule has 0 spiro atoms. The van der Waals surface area contributed by atoms with Crippen LogP contribution in [0.5, 0.6) is 0 Å². The molecule has 0 radical (unpaired) electrons. The zero-order valence-corrected chi connectivity index (χ0v) is 8.59. The quantitative estimate of drug-likeness (QED) is 0.734. The Morgan fingerprint density at radius 1 is 1.08 bits per heavy atom. The minimum Gasteiger partial charge on any atom is -0.327 e. The van der Waals surface area contributed by atoms with Gasteiger partial charge >= 0.3 is 0 Å². The Kier molecular flexibility index (Phi) is 3.26. The number of aryl methyl sites for hydroxylation is 3. The van der Waals surface area contributed by atoms with Crippen LogP contribution in [0.25, 0.3) is 6.08 Å². The van der Waals surface area contributed by atoms with Gasteiger partial charge in [-0.2, -0.15) is 0 Å². The molecule has 0 aliphatic heterocycles. The molecule has 0 aromatic heterocycles. The molecule has 0 bridgehead atoms. The summed E-state index contributed by atoms with van der Waals surface area (Å²) in [5.41, 5.74) is 10.7. The molecular weight excluding hydrogens is 158 g/mol. The van der Waals surface area contributed by atoms with Gasteiger partial charge in [-0.1, -0.05) is 24.3 Å². The SMILES string of the molecule is Cc1cc(C)c(C=CCN)cc1C. The van der Waals surface area contributed by atoms with Crippen LogP contribution in [0.4, 0.5) is 0 Å². The van der Waals surface area contributed by atoms with Crippen molar-refractivity contribution in [2.24, 2.45) is 5.73 Å². The van der Waals surface area contributed by atoms with Crippen molar-refractivity contribution in [2.75, 3.05) is 6.54 Å².